The molecule has 220 valence electrons. The Bertz CT molecular complexity index is 1280. The van der Waals surface area contributed by atoms with Gasteiger partial charge in [0.1, 0.15) is 10.7 Å². The number of hydrogen-bond acceptors (Lipinski definition) is 8. The van der Waals surface area contributed by atoms with Crippen molar-refractivity contribution in [1.82, 2.24) is 14.9 Å². The van der Waals surface area contributed by atoms with Crippen LogP contribution >= 0.6 is 0 Å². The molecule has 7 rings (SSSR count). The first-order valence-corrected chi connectivity index (χ1v) is 16.8. The number of amides is 1. The molecule has 1 unspecified atom stereocenters. The number of aromatic nitrogens is 2. The maximum atomic E-state index is 13.7. The van der Waals surface area contributed by atoms with E-state index in [1.807, 2.05) is 6.07 Å². The Balaban J connectivity index is 1.04. The lowest BCUT2D eigenvalue weighted by atomic mass is 9.88. The van der Waals surface area contributed by atoms with Gasteiger partial charge >= 0.3 is 0 Å². The van der Waals surface area contributed by atoms with E-state index in [0.29, 0.717) is 23.8 Å². The normalized spacial score (nSPS) is 24.3. The zero-order valence-corrected chi connectivity index (χ0v) is 24.6. The zero-order chi connectivity index (χ0) is 27.8. The van der Waals surface area contributed by atoms with E-state index in [1.54, 1.807) is 0 Å². The molecule has 9 nitrogen and oxygen atoms in total. The van der Waals surface area contributed by atoms with Crippen LogP contribution in [0.15, 0.2) is 29.2 Å². The standard InChI is InChI=1S/C31H41N5O4S/c37-30(36(25-4-5-25)26-10-17-40-18-11-26)23-3-1-2-22(20-23)21-6-13-35(14-7-21)31-33-27-12-19-41(38)28(27)29(34-31)32-24-8-15-39-16-9-24/h1-3,20-21,24-26H,4-19H2,(H,32,33,34). The van der Waals surface area contributed by atoms with Crippen molar-refractivity contribution in [3.05, 3.63) is 41.1 Å². The highest BCUT2D eigenvalue weighted by Crippen LogP contribution is 2.36. The molecule has 41 heavy (non-hydrogen) atoms. The molecule has 1 aliphatic carbocycles. The average molecular weight is 580 g/mol. The minimum Gasteiger partial charge on any atom is -0.381 e. The molecule has 5 heterocycles. The van der Waals surface area contributed by atoms with Gasteiger partial charge in [-0.25, -0.2) is 4.98 Å². The van der Waals surface area contributed by atoms with Crippen molar-refractivity contribution in [3.63, 3.8) is 0 Å². The molecule has 1 N–H and O–H groups in total. The Hall–Kier alpha value is -2.56. The number of carbonyl (C=O) groups is 1. The predicted octanol–water partition coefficient (Wildman–Crippen LogP) is 3.90. The smallest absolute Gasteiger partial charge is 0.254 e. The first-order valence-electron chi connectivity index (χ1n) is 15.5. The molecule has 2 aromatic rings. The van der Waals surface area contributed by atoms with Crippen LogP contribution in [0.25, 0.3) is 0 Å². The Labute approximate surface area is 244 Å². The van der Waals surface area contributed by atoms with Crippen LogP contribution in [0.5, 0.6) is 0 Å². The molecule has 1 aromatic carbocycles. The molecule has 3 saturated heterocycles. The van der Waals surface area contributed by atoms with Gasteiger partial charge in [0.15, 0.2) is 0 Å². The molecule has 0 bridgehead atoms. The molecule has 1 saturated carbocycles. The van der Waals surface area contributed by atoms with Gasteiger partial charge in [0.2, 0.25) is 5.95 Å². The fourth-order valence-corrected chi connectivity index (χ4v) is 8.21. The summed E-state index contributed by atoms with van der Waals surface area (Å²) in [7, 11) is -1.04. The van der Waals surface area contributed by atoms with E-state index in [1.165, 1.54) is 5.56 Å². The third kappa shape index (κ3) is 5.88. The van der Waals surface area contributed by atoms with Gasteiger partial charge in [0, 0.05) is 75.4 Å². The molecule has 0 radical (unpaired) electrons. The van der Waals surface area contributed by atoms with E-state index < -0.39 is 10.8 Å². The van der Waals surface area contributed by atoms with Gasteiger partial charge in [-0.1, -0.05) is 12.1 Å². The molecule has 10 heteroatoms. The maximum absolute atomic E-state index is 13.7. The topological polar surface area (TPSA) is 96.9 Å². The lowest BCUT2D eigenvalue weighted by molar-refractivity contribution is 0.0267. The van der Waals surface area contributed by atoms with Crippen LogP contribution in [0.3, 0.4) is 0 Å². The van der Waals surface area contributed by atoms with Crippen molar-refractivity contribution in [2.24, 2.45) is 0 Å². The number of nitrogens with zero attached hydrogens (tertiary/aromatic N) is 4. The molecule has 1 atom stereocenters. The molecule has 1 amide bonds. The van der Waals surface area contributed by atoms with E-state index in [9.17, 15) is 9.00 Å². The first-order chi connectivity index (χ1) is 20.1. The van der Waals surface area contributed by atoms with E-state index in [-0.39, 0.29) is 11.9 Å². The summed E-state index contributed by atoms with van der Waals surface area (Å²) in [4.78, 5) is 28.8. The Morgan fingerprint density at radius 1 is 0.927 bits per heavy atom. The van der Waals surface area contributed by atoms with Gasteiger partial charge in [-0.2, -0.15) is 4.98 Å². The summed E-state index contributed by atoms with van der Waals surface area (Å²) in [6, 6.07) is 9.36. The summed E-state index contributed by atoms with van der Waals surface area (Å²) < 4.78 is 23.9. The van der Waals surface area contributed by atoms with E-state index >= 15 is 0 Å². The highest BCUT2D eigenvalue weighted by Gasteiger charge is 2.38. The highest BCUT2D eigenvalue weighted by atomic mass is 32.2. The van der Waals surface area contributed by atoms with Crippen molar-refractivity contribution < 1.29 is 18.5 Å². The fourth-order valence-electron chi connectivity index (χ4n) is 6.89. The minimum atomic E-state index is -1.04. The minimum absolute atomic E-state index is 0.187. The van der Waals surface area contributed by atoms with Gasteiger partial charge < -0.3 is 24.6 Å². The third-order valence-corrected chi connectivity index (χ3v) is 10.8. The second-order valence-electron chi connectivity index (χ2n) is 12.2. The second kappa shape index (κ2) is 12.0. The van der Waals surface area contributed by atoms with Crippen LogP contribution in [0.4, 0.5) is 11.8 Å². The number of carbonyl (C=O) groups excluding carboxylic acids is 1. The Kier molecular flexibility index (Phi) is 7.97. The molecule has 4 fully saturated rings. The third-order valence-electron chi connectivity index (χ3n) is 9.38. The summed E-state index contributed by atoms with van der Waals surface area (Å²) in [5.41, 5.74) is 3.01. The zero-order valence-electron chi connectivity index (χ0n) is 23.8. The Morgan fingerprint density at radius 2 is 1.63 bits per heavy atom. The van der Waals surface area contributed by atoms with Crippen molar-refractivity contribution in [1.29, 1.82) is 0 Å². The summed E-state index contributed by atoms with van der Waals surface area (Å²) in [6.07, 6.45) is 8.69. The number of aryl methyl sites for hydroxylation is 1. The van der Waals surface area contributed by atoms with E-state index in [0.717, 1.165) is 125 Å². The largest absolute Gasteiger partial charge is 0.381 e. The molecular weight excluding hydrogens is 538 g/mol. The van der Waals surface area contributed by atoms with Gasteiger partial charge in [-0.3, -0.25) is 9.00 Å². The molecular formula is C31H41N5O4S. The van der Waals surface area contributed by atoms with Crippen molar-refractivity contribution >= 4 is 28.5 Å². The second-order valence-corrected chi connectivity index (χ2v) is 13.7. The number of ether oxygens (including phenoxy) is 2. The number of anilines is 2. The SMILES string of the molecule is O=C(c1cccc(C2CCN(c3nc4c(c(NC5CCOCC5)n3)S(=O)CC4)CC2)c1)N(C1CCOCC1)C1CC1. The lowest BCUT2D eigenvalue weighted by Crippen LogP contribution is -2.44. The number of benzene rings is 1. The predicted molar refractivity (Wildman–Crippen MR) is 158 cm³/mol. The quantitative estimate of drug-likeness (QED) is 0.528. The lowest BCUT2D eigenvalue weighted by Gasteiger charge is -2.35. The van der Waals surface area contributed by atoms with Crippen LogP contribution in [-0.2, 0) is 26.7 Å². The average Bonchev–Trinajstić information content (AvgIpc) is 3.79. The van der Waals surface area contributed by atoms with Crippen LogP contribution in [0.2, 0.25) is 0 Å². The first kappa shape index (κ1) is 27.3. The van der Waals surface area contributed by atoms with Crippen LogP contribution < -0.4 is 10.2 Å². The highest BCUT2D eigenvalue weighted by molar-refractivity contribution is 7.85. The van der Waals surface area contributed by atoms with Gasteiger partial charge in [-0.05, 0) is 75.0 Å². The Morgan fingerprint density at radius 3 is 2.37 bits per heavy atom. The van der Waals surface area contributed by atoms with Gasteiger partial charge in [0.05, 0.1) is 16.5 Å². The van der Waals surface area contributed by atoms with Crippen LogP contribution in [-0.4, -0.2) is 88.4 Å². The van der Waals surface area contributed by atoms with Crippen molar-refractivity contribution in [3.8, 4) is 0 Å². The van der Waals surface area contributed by atoms with Crippen molar-refractivity contribution in [2.45, 2.75) is 86.7 Å². The summed E-state index contributed by atoms with van der Waals surface area (Å²) >= 11 is 0. The fraction of sp³-hybridized carbons (Fsp3) is 0.645. The summed E-state index contributed by atoms with van der Waals surface area (Å²) in [6.45, 7) is 4.71. The molecule has 5 aliphatic rings. The van der Waals surface area contributed by atoms with Gasteiger partial charge in [-0.15, -0.1) is 0 Å². The van der Waals surface area contributed by atoms with Crippen LogP contribution in [0, 0.1) is 0 Å². The van der Waals surface area contributed by atoms with Gasteiger partial charge in [0.25, 0.3) is 5.91 Å². The molecule has 4 aliphatic heterocycles. The summed E-state index contributed by atoms with van der Waals surface area (Å²) in [5.74, 6) is 2.71. The van der Waals surface area contributed by atoms with Crippen LogP contribution in [0.1, 0.15) is 78.9 Å². The molecule has 0 spiro atoms. The number of nitrogens with one attached hydrogen (secondary N) is 1. The summed E-state index contributed by atoms with van der Waals surface area (Å²) in [5, 5.41) is 3.59. The maximum Gasteiger partial charge on any atom is 0.254 e. The number of hydrogen-bond donors (Lipinski definition) is 1. The number of rotatable bonds is 7. The number of fused-ring (bicyclic) bond motifs is 1. The monoisotopic (exact) mass is 579 g/mol. The van der Waals surface area contributed by atoms with E-state index in [2.05, 4.69) is 33.3 Å². The number of piperidine rings is 1. The van der Waals surface area contributed by atoms with Crippen molar-refractivity contribution in [2.75, 3.05) is 55.5 Å². The van der Waals surface area contributed by atoms with E-state index in [4.69, 9.17) is 19.4 Å². The molecule has 1 aromatic heterocycles.